The van der Waals surface area contributed by atoms with E-state index in [1.807, 2.05) is 6.92 Å². The lowest BCUT2D eigenvalue weighted by molar-refractivity contribution is -0.145. The highest BCUT2D eigenvalue weighted by molar-refractivity contribution is 5.86. The lowest BCUT2D eigenvalue weighted by Crippen LogP contribution is -2.55. The van der Waals surface area contributed by atoms with E-state index in [1.54, 1.807) is 0 Å². The molecule has 0 aromatic rings. The minimum Gasteiger partial charge on any atom is -0.481 e. The van der Waals surface area contributed by atoms with Gasteiger partial charge in [0.2, 0.25) is 0 Å². The molecule has 3 N–H and O–H groups in total. The van der Waals surface area contributed by atoms with E-state index in [9.17, 15) is 14.4 Å². The Labute approximate surface area is 110 Å². The molecule has 108 valence electrons. The van der Waals surface area contributed by atoms with Crippen LogP contribution in [0.1, 0.15) is 19.8 Å². The molecule has 1 rings (SSSR count). The Morgan fingerprint density at radius 1 is 1.42 bits per heavy atom. The fraction of sp³-hybridized carbons (Fsp3) is 0.727. The number of amides is 2. The van der Waals surface area contributed by atoms with Crippen molar-refractivity contribution < 1.29 is 29.3 Å². The molecule has 1 aliphatic heterocycles. The number of nitrogens with zero attached hydrogens (tertiary/aromatic N) is 1. The van der Waals surface area contributed by atoms with Crippen LogP contribution in [0.15, 0.2) is 0 Å². The maximum absolute atomic E-state index is 12.0. The SMILES string of the molecule is CCC1COCCN1C(=O)N[C@@H](CC(=O)O)C(=O)O. The average molecular weight is 274 g/mol. The van der Waals surface area contributed by atoms with Gasteiger partial charge < -0.3 is 25.2 Å². The number of carbonyl (C=O) groups is 3. The Hall–Kier alpha value is -1.83. The van der Waals surface area contributed by atoms with Crippen molar-refractivity contribution >= 4 is 18.0 Å². The third kappa shape index (κ3) is 4.40. The second kappa shape index (κ2) is 6.93. The summed E-state index contributed by atoms with van der Waals surface area (Å²) in [6, 6.07) is -2.11. The molecule has 0 spiro atoms. The summed E-state index contributed by atoms with van der Waals surface area (Å²) in [6.07, 6.45) is 0.0340. The van der Waals surface area contributed by atoms with Crippen LogP contribution in [0.5, 0.6) is 0 Å². The normalized spacial score (nSPS) is 20.7. The maximum atomic E-state index is 12.0. The number of urea groups is 1. The third-order valence-electron chi connectivity index (χ3n) is 2.93. The van der Waals surface area contributed by atoms with Crippen LogP contribution in [0.4, 0.5) is 4.79 Å². The Morgan fingerprint density at radius 3 is 2.63 bits per heavy atom. The Kier molecular flexibility index (Phi) is 5.56. The quantitative estimate of drug-likeness (QED) is 0.635. The first-order valence-corrected chi connectivity index (χ1v) is 6.05. The van der Waals surface area contributed by atoms with Crippen molar-refractivity contribution in [1.82, 2.24) is 10.2 Å². The first-order chi connectivity index (χ1) is 8.95. The van der Waals surface area contributed by atoms with Gasteiger partial charge in [0.1, 0.15) is 6.04 Å². The van der Waals surface area contributed by atoms with Gasteiger partial charge in [-0.2, -0.15) is 0 Å². The van der Waals surface area contributed by atoms with E-state index in [0.717, 1.165) is 0 Å². The maximum Gasteiger partial charge on any atom is 0.326 e. The minimum absolute atomic E-state index is 0.118. The van der Waals surface area contributed by atoms with Crippen molar-refractivity contribution in [2.24, 2.45) is 0 Å². The number of rotatable bonds is 5. The first-order valence-electron chi connectivity index (χ1n) is 6.05. The molecule has 2 amide bonds. The Morgan fingerprint density at radius 2 is 2.11 bits per heavy atom. The monoisotopic (exact) mass is 274 g/mol. The first kappa shape index (κ1) is 15.2. The predicted molar refractivity (Wildman–Crippen MR) is 63.8 cm³/mol. The van der Waals surface area contributed by atoms with E-state index in [0.29, 0.717) is 26.2 Å². The summed E-state index contributed by atoms with van der Waals surface area (Å²) in [5.41, 5.74) is 0. The Balaban J connectivity index is 2.64. The second-order valence-corrected chi connectivity index (χ2v) is 4.27. The van der Waals surface area contributed by atoms with Gasteiger partial charge in [0.25, 0.3) is 0 Å². The average Bonchev–Trinajstić information content (AvgIpc) is 2.37. The number of aliphatic carboxylic acids is 2. The van der Waals surface area contributed by atoms with E-state index in [1.165, 1.54) is 4.90 Å². The fourth-order valence-corrected chi connectivity index (χ4v) is 1.87. The topological polar surface area (TPSA) is 116 Å². The van der Waals surface area contributed by atoms with Crippen LogP contribution < -0.4 is 5.32 Å². The van der Waals surface area contributed by atoms with E-state index < -0.39 is 30.4 Å². The number of carboxylic acid groups (broad SMARTS) is 2. The van der Waals surface area contributed by atoms with Crippen LogP contribution in [0, 0.1) is 0 Å². The fourth-order valence-electron chi connectivity index (χ4n) is 1.87. The molecule has 1 saturated heterocycles. The summed E-state index contributed by atoms with van der Waals surface area (Å²) < 4.78 is 5.24. The van der Waals surface area contributed by atoms with Gasteiger partial charge in [0.05, 0.1) is 25.7 Å². The molecule has 8 nitrogen and oxygen atoms in total. The van der Waals surface area contributed by atoms with Gasteiger partial charge in [-0.25, -0.2) is 9.59 Å². The highest BCUT2D eigenvalue weighted by atomic mass is 16.5. The number of nitrogens with one attached hydrogen (secondary N) is 1. The summed E-state index contributed by atoms with van der Waals surface area (Å²) in [5, 5.41) is 19.7. The number of morpholine rings is 1. The van der Waals surface area contributed by atoms with Crippen molar-refractivity contribution in [2.45, 2.75) is 31.8 Å². The van der Waals surface area contributed by atoms with Crippen LogP contribution in [-0.4, -0.2) is 64.9 Å². The summed E-state index contributed by atoms with van der Waals surface area (Å²) in [4.78, 5) is 34.9. The van der Waals surface area contributed by atoms with Gasteiger partial charge in [0, 0.05) is 6.54 Å². The summed E-state index contributed by atoms with van der Waals surface area (Å²) >= 11 is 0. The van der Waals surface area contributed by atoms with Crippen molar-refractivity contribution in [1.29, 1.82) is 0 Å². The molecule has 1 heterocycles. The molecule has 0 aromatic carbocycles. The summed E-state index contributed by atoms with van der Waals surface area (Å²) in [6.45, 7) is 3.05. The molecule has 0 saturated carbocycles. The van der Waals surface area contributed by atoms with Gasteiger partial charge in [-0.3, -0.25) is 4.79 Å². The summed E-state index contributed by atoms with van der Waals surface area (Å²) in [7, 11) is 0. The van der Waals surface area contributed by atoms with E-state index in [-0.39, 0.29) is 6.04 Å². The molecule has 8 heteroatoms. The standard InChI is InChI=1S/C11H18N2O6/c1-2-7-6-19-4-3-13(7)11(18)12-8(10(16)17)5-9(14)15/h7-8H,2-6H2,1H3,(H,12,18)(H,14,15)(H,16,17)/t7?,8-/m0/s1. The van der Waals surface area contributed by atoms with Crippen LogP contribution in [0.2, 0.25) is 0 Å². The molecule has 1 unspecified atom stereocenters. The molecular weight excluding hydrogens is 256 g/mol. The van der Waals surface area contributed by atoms with Gasteiger partial charge in [-0.15, -0.1) is 0 Å². The van der Waals surface area contributed by atoms with E-state index in [2.05, 4.69) is 5.32 Å². The van der Waals surface area contributed by atoms with Gasteiger partial charge in [-0.05, 0) is 6.42 Å². The zero-order valence-electron chi connectivity index (χ0n) is 10.7. The number of hydrogen-bond donors (Lipinski definition) is 3. The zero-order valence-corrected chi connectivity index (χ0v) is 10.7. The molecule has 19 heavy (non-hydrogen) atoms. The highest BCUT2D eigenvalue weighted by Crippen LogP contribution is 2.10. The van der Waals surface area contributed by atoms with Crippen molar-refractivity contribution in [3.8, 4) is 0 Å². The molecule has 0 bridgehead atoms. The predicted octanol–water partition coefficient (Wildman–Crippen LogP) is -0.265. The number of ether oxygens (including phenoxy) is 1. The van der Waals surface area contributed by atoms with Gasteiger partial charge >= 0.3 is 18.0 Å². The zero-order chi connectivity index (χ0) is 14.4. The van der Waals surface area contributed by atoms with Gasteiger partial charge in [-0.1, -0.05) is 6.92 Å². The van der Waals surface area contributed by atoms with Crippen molar-refractivity contribution in [3.05, 3.63) is 0 Å². The number of hydrogen-bond acceptors (Lipinski definition) is 4. The lowest BCUT2D eigenvalue weighted by atomic mass is 10.2. The van der Waals surface area contributed by atoms with Gasteiger partial charge in [0.15, 0.2) is 0 Å². The number of carbonyl (C=O) groups excluding carboxylic acids is 1. The highest BCUT2D eigenvalue weighted by Gasteiger charge is 2.30. The van der Waals surface area contributed by atoms with Crippen LogP contribution in [-0.2, 0) is 14.3 Å². The number of carboxylic acids is 2. The lowest BCUT2D eigenvalue weighted by Gasteiger charge is -2.35. The molecule has 0 aromatic heterocycles. The molecular formula is C11H18N2O6. The van der Waals surface area contributed by atoms with Crippen LogP contribution in [0.25, 0.3) is 0 Å². The van der Waals surface area contributed by atoms with E-state index in [4.69, 9.17) is 14.9 Å². The minimum atomic E-state index is -1.43. The molecule has 0 aliphatic carbocycles. The third-order valence-corrected chi connectivity index (χ3v) is 2.93. The second-order valence-electron chi connectivity index (χ2n) is 4.27. The molecule has 0 radical (unpaired) electrons. The molecule has 2 atom stereocenters. The van der Waals surface area contributed by atoms with Crippen molar-refractivity contribution in [3.63, 3.8) is 0 Å². The molecule has 1 aliphatic rings. The van der Waals surface area contributed by atoms with E-state index >= 15 is 0 Å². The Bertz CT molecular complexity index is 359. The van der Waals surface area contributed by atoms with Crippen LogP contribution >= 0.6 is 0 Å². The summed E-state index contributed by atoms with van der Waals surface area (Å²) in [5.74, 6) is -2.64. The largest absolute Gasteiger partial charge is 0.481 e. The molecule has 1 fully saturated rings. The van der Waals surface area contributed by atoms with Crippen molar-refractivity contribution in [2.75, 3.05) is 19.8 Å². The smallest absolute Gasteiger partial charge is 0.326 e. The van der Waals surface area contributed by atoms with Crippen LogP contribution in [0.3, 0.4) is 0 Å².